The minimum atomic E-state index is -0.345. The van der Waals surface area contributed by atoms with E-state index in [2.05, 4.69) is 29.7 Å². The lowest BCUT2D eigenvalue weighted by Gasteiger charge is -2.45. The Kier molecular flexibility index (Phi) is 2.26. The van der Waals surface area contributed by atoms with Crippen LogP contribution in [0.5, 0.6) is 0 Å². The van der Waals surface area contributed by atoms with Crippen LogP contribution in [0.15, 0.2) is 11.8 Å². The molecule has 0 bridgehead atoms. The molecule has 0 aromatic heterocycles. The number of hydrogen-bond acceptors (Lipinski definition) is 4. The van der Waals surface area contributed by atoms with Crippen molar-refractivity contribution >= 4 is 0 Å². The first-order valence-corrected chi connectivity index (χ1v) is 6.43. The van der Waals surface area contributed by atoms with E-state index in [1.165, 1.54) is 6.42 Å². The fourth-order valence-corrected chi connectivity index (χ4v) is 3.60. The van der Waals surface area contributed by atoms with Crippen LogP contribution in [0.3, 0.4) is 0 Å². The summed E-state index contributed by atoms with van der Waals surface area (Å²) < 4.78 is 6.36. The number of allylic oxidation sites excluding steroid dienone is 1. The lowest BCUT2D eigenvalue weighted by Crippen LogP contribution is -2.58. The maximum Gasteiger partial charge on any atom is 0.201 e. The SMILES string of the molecule is CC1(C)OC23CCCN2CCCN3/C1=C\C#N. The normalized spacial score (nSPS) is 37.9. The highest BCUT2D eigenvalue weighted by molar-refractivity contribution is 5.27. The molecule has 0 aromatic rings. The number of rotatable bonds is 0. The van der Waals surface area contributed by atoms with Crippen molar-refractivity contribution in [1.29, 1.82) is 5.26 Å². The summed E-state index contributed by atoms with van der Waals surface area (Å²) in [5.41, 5.74) is 0.703. The molecule has 0 amide bonds. The van der Waals surface area contributed by atoms with Crippen LogP contribution in [0.4, 0.5) is 0 Å². The van der Waals surface area contributed by atoms with E-state index < -0.39 is 0 Å². The molecule has 0 aromatic carbocycles. The molecule has 4 heteroatoms. The Bertz CT molecular complexity index is 409. The van der Waals surface area contributed by atoms with Gasteiger partial charge in [-0.3, -0.25) is 4.90 Å². The van der Waals surface area contributed by atoms with Gasteiger partial charge in [-0.15, -0.1) is 0 Å². The standard InChI is InChI=1S/C13H19N3O/c1-12(2)11(5-7-14)16-10-4-9-15-8-3-6-13(15,16)17-12/h5H,3-4,6,8-10H2,1-2H3/b11-5-. The van der Waals surface area contributed by atoms with Gasteiger partial charge in [-0.05, 0) is 26.7 Å². The third-order valence-corrected chi connectivity index (χ3v) is 4.18. The van der Waals surface area contributed by atoms with Crippen molar-refractivity contribution in [3.8, 4) is 6.07 Å². The van der Waals surface area contributed by atoms with Crippen molar-refractivity contribution in [2.45, 2.75) is 44.6 Å². The molecule has 17 heavy (non-hydrogen) atoms. The van der Waals surface area contributed by atoms with Crippen molar-refractivity contribution < 1.29 is 4.74 Å². The first kappa shape index (κ1) is 11.1. The van der Waals surface area contributed by atoms with Gasteiger partial charge >= 0.3 is 0 Å². The molecule has 1 unspecified atom stereocenters. The molecular formula is C13H19N3O. The quantitative estimate of drug-likeness (QED) is 0.596. The van der Waals surface area contributed by atoms with Gasteiger partial charge in [0.2, 0.25) is 5.85 Å². The third kappa shape index (κ3) is 1.36. The Balaban J connectivity index is 2.06. The summed E-state index contributed by atoms with van der Waals surface area (Å²) in [5.74, 6) is -0.246. The molecule has 0 saturated carbocycles. The van der Waals surface area contributed by atoms with Gasteiger partial charge in [0.1, 0.15) is 5.60 Å². The van der Waals surface area contributed by atoms with Gasteiger partial charge in [-0.1, -0.05) is 0 Å². The molecular weight excluding hydrogens is 214 g/mol. The van der Waals surface area contributed by atoms with Crippen molar-refractivity contribution in [3.05, 3.63) is 11.8 Å². The summed E-state index contributed by atoms with van der Waals surface area (Å²) in [4.78, 5) is 4.77. The molecule has 3 saturated heterocycles. The summed E-state index contributed by atoms with van der Waals surface area (Å²) in [6.07, 6.45) is 5.06. The first-order valence-electron chi connectivity index (χ1n) is 6.43. The molecule has 4 nitrogen and oxygen atoms in total. The van der Waals surface area contributed by atoms with E-state index in [0.29, 0.717) is 0 Å². The molecule has 92 valence electrons. The van der Waals surface area contributed by atoms with E-state index in [0.717, 1.165) is 38.2 Å². The lowest BCUT2D eigenvalue weighted by atomic mass is 10.0. The largest absolute Gasteiger partial charge is 0.331 e. The van der Waals surface area contributed by atoms with Gasteiger partial charge in [0, 0.05) is 32.1 Å². The fourth-order valence-electron chi connectivity index (χ4n) is 3.60. The summed E-state index contributed by atoms with van der Waals surface area (Å²) in [7, 11) is 0. The van der Waals surface area contributed by atoms with Crippen molar-refractivity contribution in [2.75, 3.05) is 19.6 Å². The van der Waals surface area contributed by atoms with Crippen molar-refractivity contribution in [3.63, 3.8) is 0 Å². The van der Waals surface area contributed by atoms with Crippen LogP contribution in [0, 0.1) is 11.3 Å². The average Bonchev–Trinajstić information content (AvgIpc) is 2.75. The van der Waals surface area contributed by atoms with Crippen LogP contribution < -0.4 is 0 Å². The zero-order valence-electron chi connectivity index (χ0n) is 10.6. The minimum Gasteiger partial charge on any atom is -0.331 e. The predicted molar refractivity (Wildman–Crippen MR) is 63.7 cm³/mol. The van der Waals surface area contributed by atoms with E-state index in [1.807, 2.05) is 0 Å². The van der Waals surface area contributed by atoms with E-state index in [-0.39, 0.29) is 11.4 Å². The fraction of sp³-hybridized carbons (Fsp3) is 0.769. The zero-order chi connectivity index (χ0) is 12.1. The van der Waals surface area contributed by atoms with Crippen LogP contribution in [-0.2, 0) is 4.74 Å². The molecule has 3 rings (SSSR count). The highest BCUT2D eigenvalue weighted by atomic mass is 16.6. The van der Waals surface area contributed by atoms with Crippen LogP contribution >= 0.6 is 0 Å². The molecule has 3 heterocycles. The van der Waals surface area contributed by atoms with Crippen LogP contribution in [-0.4, -0.2) is 40.9 Å². The third-order valence-electron chi connectivity index (χ3n) is 4.18. The van der Waals surface area contributed by atoms with Crippen LogP contribution in [0.25, 0.3) is 0 Å². The van der Waals surface area contributed by atoms with Gasteiger partial charge < -0.3 is 9.64 Å². The van der Waals surface area contributed by atoms with Gasteiger partial charge in [0.15, 0.2) is 0 Å². The monoisotopic (exact) mass is 233 g/mol. The lowest BCUT2D eigenvalue weighted by molar-refractivity contribution is -0.218. The summed E-state index contributed by atoms with van der Waals surface area (Å²) in [6.45, 7) is 7.38. The van der Waals surface area contributed by atoms with Crippen LogP contribution in [0.2, 0.25) is 0 Å². The second-order valence-corrected chi connectivity index (χ2v) is 5.61. The Morgan fingerprint density at radius 1 is 1.29 bits per heavy atom. The van der Waals surface area contributed by atoms with Gasteiger partial charge in [-0.25, -0.2) is 0 Å². The highest BCUT2D eigenvalue weighted by Gasteiger charge is 2.59. The maximum absolute atomic E-state index is 8.97. The second-order valence-electron chi connectivity index (χ2n) is 5.61. The average molecular weight is 233 g/mol. The Morgan fingerprint density at radius 2 is 2.06 bits per heavy atom. The Labute approximate surface area is 102 Å². The Hall–Kier alpha value is -1.05. The van der Waals surface area contributed by atoms with E-state index >= 15 is 0 Å². The molecule has 3 aliphatic heterocycles. The van der Waals surface area contributed by atoms with E-state index in [9.17, 15) is 0 Å². The van der Waals surface area contributed by atoms with E-state index in [1.54, 1.807) is 6.08 Å². The number of nitrogens with zero attached hydrogens (tertiary/aromatic N) is 3. The van der Waals surface area contributed by atoms with Crippen molar-refractivity contribution in [2.24, 2.45) is 0 Å². The van der Waals surface area contributed by atoms with Gasteiger partial charge in [0.25, 0.3) is 0 Å². The zero-order valence-corrected chi connectivity index (χ0v) is 10.6. The maximum atomic E-state index is 8.97. The number of ether oxygens (including phenoxy) is 1. The first-order chi connectivity index (χ1) is 8.10. The summed E-state index contributed by atoms with van der Waals surface area (Å²) in [5, 5.41) is 8.97. The van der Waals surface area contributed by atoms with Crippen LogP contribution in [0.1, 0.15) is 33.1 Å². The minimum absolute atomic E-state index is 0.246. The Morgan fingerprint density at radius 3 is 2.82 bits per heavy atom. The topological polar surface area (TPSA) is 39.5 Å². The van der Waals surface area contributed by atoms with Crippen molar-refractivity contribution in [1.82, 2.24) is 9.80 Å². The predicted octanol–water partition coefficient (Wildman–Crippen LogP) is 1.66. The molecule has 0 radical (unpaired) electrons. The molecule has 3 fully saturated rings. The molecule has 1 atom stereocenters. The second kappa shape index (κ2) is 3.47. The molecule has 0 N–H and O–H groups in total. The molecule has 1 spiro atoms. The summed E-state index contributed by atoms with van der Waals surface area (Å²) >= 11 is 0. The number of hydrogen-bond donors (Lipinski definition) is 0. The molecule has 3 aliphatic rings. The van der Waals surface area contributed by atoms with E-state index in [4.69, 9.17) is 10.00 Å². The van der Waals surface area contributed by atoms with Gasteiger partial charge in [0.05, 0.1) is 11.8 Å². The van der Waals surface area contributed by atoms with Gasteiger partial charge in [-0.2, -0.15) is 5.26 Å². The summed E-state index contributed by atoms with van der Waals surface area (Å²) in [6, 6.07) is 2.17. The highest BCUT2D eigenvalue weighted by Crippen LogP contribution is 2.50. The smallest absolute Gasteiger partial charge is 0.201 e. The number of nitriles is 1. The molecule has 0 aliphatic carbocycles.